The molecule has 1 aromatic carbocycles. The lowest BCUT2D eigenvalue weighted by Crippen LogP contribution is -2.54. The largest absolute Gasteiger partial charge is 0.497 e. The van der Waals surface area contributed by atoms with Crippen molar-refractivity contribution < 1.29 is 9.84 Å². The van der Waals surface area contributed by atoms with Gasteiger partial charge in [0.1, 0.15) is 5.75 Å². The van der Waals surface area contributed by atoms with E-state index in [1.165, 1.54) is 45.3 Å². The average Bonchev–Trinajstić information content (AvgIpc) is 2.89. The SMILES string of the molecule is C1CN2CCC1CC2.C=CC1CN2CCC1CC2[C@H](O)c1ccnc2ccc(OC)cc12. The summed E-state index contributed by atoms with van der Waals surface area (Å²) in [6.07, 6.45) is 10.1. The highest BCUT2D eigenvalue weighted by atomic mass is 16.5. The second-order valence-corrected chi connectivity index (χ2v) is 10.0. The Labute approximate surface area is 192 Å². The Balaban J connectivity index is 0.000000225. The van der Waals surface area contributed by atoms with Gasteiger partial charge < -0.3 is 14.7 Å². The van der Waals surface area contributed by atoms with Crippen LogP contribution >= 0.6 is 0 Å². The first kappa shape index (κ1) is 21.9. The van der Waals surface area contributed by atoms with Crippen LogP contribution in [0.15, 0.2) is 43.1 Å². The van der Waals surface area contributed by atoms with Gasteiger partial charge in [0, 0.05) is 24.2 Å². The van der Waals surface area contributed by atoms with Crippen LogP contribution in [0.1, 0.15) is 43.8 Å². The molecule has 5 nitrogen and oxygen atoms in total. The summed E-state index contributed by atoms with van der Waals surface area (Å²) in [7, 11) is 1.66. The van der Waals surface area contributed by atoms with Crippen molar-refractivity contribution in [1.82, 2.24) is 14.8 Å². The van der Waals surface area contributed by atoms with E-state index >= 15 is 0 Å². The lowest BCUT2D eigenvalue weighted by Gasteiger charge is -2.50. The van der Waals surface area contributed by atoms with Gasteiger partial charge in [-0.1, -0.05) is 6.08 Å². The topological polar surface area (TPSA) is 48.8 Å². The molecule has 4 bridgehead atoms. The van der Waals surface area contributed by atoms with Crippen LogP contribution in [0.2, 0.25) is 0 Å². The molecule has 1 aromatic heterocycles. The van der Waals surface area contributed by atoms with E-state index in [-0.39, 0.29) is 6.04 Å². The number of hydrogen-bond acceptors (Lipinski definition) is 5. The minimum atomic E-state index is -0.504. The fourth-order valence-corrected chi connectivity index (χ4v) is 6.31. The normalized spacial score (nSPS) is 33.9. The Hall–Kier alpha value is -1.95. The van der Waals surface area contributed by atoms with Crippen molar-refractivity contribution >= 4 is 10.9 Å². The van der Waals surface area contributed by atoms with Gasteiger partial charge in [-0.15, -0.1) is 6.58 Å². The maximum Gasteiger partial charge on any atom is 0.119 e. The molecule has 4 unspecified atom stereocenters. The third kappa shape index (κ3) is 4.30. The van der Waals surface area contributed by atoms with Gasteiger partial charge in [-0.2, -0.15) is 0 Å². The Morgan fingerprint density at radius 3 is 2.47 bits per heavy atom. The van der Waals surface area contributed by atoms with Crippen LogP contribution in [0.25, 0.3) is 10.9 Å². The summed E-state index contributed by atoms with van der Waals surface area (Å²) in [4.78, 5) is 9.44. The minimum absolute atomic E-state index is 0.178. The number of methoxy groups -OCH3 is 1. The van der Waals surface area contributed by atoms with Gasteiger partial charge in [-0.05, 0) is 106 Å². The molecule has 0 radical (unpaired) electrons. The van der Waals surface area contributed by atoms with Crippen LogP contribution in [0.3, 0.4) is 0 Å². The molecule has 6 fully saturated rings. The maximum atomic E-state index is 11.2. The van der Waals surface area contributed by atoms with E-state index in [1.54, 1.807) is 13.3 Å². The van der Waals surface area contributed by atoms with E-state index in [9.17, 15) is 5.11 Å². The highest BCUT2D eigenvalue weighted by Crippen LogP contribution is 2.42. The first-order valence-corrected chi connectivity index (χ1v) is 12.4. The average molecular weight is 436 g/mol. The molecule has 5 atom stereocenters. The standard InChI is InChI=1S/C20H24N2O2.C7H13N/c1-3-13-12-22-9-7-14(13)10-19(22)20(23)16-6-8-21-18-5-4-15(24-2)11-17(16)18;1-4-8-5-2-7(1)3-6-8/h3-6,8,11,13-14,19-20,23H,1,7,9-10,12H2,2H3;7H,1-6H2/t13?,14?,19?,20-;/m1./s1. The quantitative estimate of drug-likeness (QED) is 0.727. The second kappa shape index (κ2) is 9.50. The van der Waals surface area contributed by atoms with Crippen LogP contribution in [-0.4, -0.2) is 65.8 Å². The lowest BCUT2D eigenvalue weighted by atomic mass is 9.73. The van der Waals surface area contributed by atoms with Crippen molar-refractivity contribution in [2.75, 3.05) is 39.8 Å². The molecule has 0 spiro atoms. The highest BCUT2D eigenvalue weighted by molar-refractivity contribution is 5.83. The third-order valence-corrected chi connectivity index (χ3v) is 8.38. The number of aliphatic hydroxyl groups excluding tert-OH is 1. The lowest BCUT2D eigenvalue weighted by molar-refractivity contribution is -0.0444. The van der Waals surface area contributed by atoms with Crippen LogP contribution in [0.4, 0.5) is 0 Å². The molecular formula is C27H37N3O2. The smallest absolute Gasteiger partial charge is 0.119 e. The van der Waals surface area contributed by atoms with Gasteiger partial charge in [0.25, 0.3) is 0 Å². The van der Waals surface area contributed by atoms with Crippen LogP contribution in [-0.2, 0) is 0 Å². The van der Waals surface area contributed by atoms with Crippen LogP contribution in [0, 0.1) is 17.8 Å². The Morgan fingerprint density at radius 1 is 1.12 bits per heavy atom. The molecule has 172 valence electrons. The van der Waals surface area contributed by atoms with E-state index < -0.39 is 6.10 Å². The molecule has 32 heavy (non-hydrogen) atoms. The summed E-state index contributed by atoms with van der Waals surface area (Å²) < 4.78 is 5.35. The van der Waals surface area contributed by atoms with Crippen molar-refractivity contribution in [2.24, 2.45) is 17.8 Å². The van der Waals surface area contributed by atoms with E-state index in [0.29, 0.717) is 11.8 Å². The fraction of sp³-hybridized carbons (Fsp3) is 0.593. The number of piperidine rings is 6. The van der Waals surface area contributed by atoms with Crippen LogP contribution < -0.4 is 4.74 Å². The summed E-state index contributed by atoms with van der Waals surface area (Å²) >= 11 is 0. The summed E-state index contributed by atoms with van der Waals surface area (Å²) in [6.45, 7) is 10.2. The number of rotatable bonds is 4. The van der Waals surface area contributed by atoms with Gasteiger partial charge in [0.2, 0.25) is 0 Å². The molecule has 0 saturated carbocycles. The van der Waals surface area contributed by atoms with Gasteiger partial charge in [-0.3, -0.25) is 9.88 Å². The Kier molecular flexibility index (Phi) is 6.49. The number of aliphatic hydroxyl groups is 1. The molecule has 7 heterocycles. The van der Waals surface area contributed by atoms with Gasteiger partial charge >= 0.3 is 0 Å². The number of fused-ring (bicyclic) bond motifs is 7. The number of ether oxygens (including phenoxy) is 1. The summed E-state index contributed by atoms with van der Waals surface area (Å²) in [5, 5.41) is 12.1. The van der Waals surface area contributed by atoms with Gasteiger partial charge in [0.15, 0.2) is 0 Å². The monoisotopic (exact) mass is 435 g/mol. The van der Waals surface area contributed by atoms with Crippen molar-refractivity contribution in [2.45, 2.75) is 44.2 Å². The van der Waals surface area contributed by atoms with Gasteiger partial charge in [0.05, 0.1) is 18.7 Å². The predicted molar refractivity (Wildman–Crippen MR) is 129 cm³/mol. The zero-order chi connectivity index (χ0) is 22.1. The molecule has 5 heteroatoms. The number of aromatic nitrogens is 1. The number of hydrogen-bond donors (Lipinski definition) is 1. The molecule has 8 rings (SSSR count). The van der Waals surface area contributed by atoms with Crippen molar-refractivity contribution in [3.8, 4) is 5.75 Å². The Bertz CT molecular complexity index is 917. The first-order valence-electron chi connectivity index (χ1n) is 12.4. The highest BCUT2D eigenvalue weighted by Gasteiger charge is 2.42. The number of pyridine rings is 1. The molecule has 6 aliphatic rings. The summed E-state index contributed by atoms with van der Waals surface area (Å²) in [6, 6.07) is 7.96. The van der Waals surface area contributed by atoms with Gasteiger partial charge in [-0.25, -0.2) is 0 Å². The van der Waals surface area contributed by atoms with Crippen molar-refractivity contribution in [1.29, 1.82) is 0 Å². The van der Waals surface area contributed by atoms with E-state index in [2.05, 4.69) is 27.4 Å². The molecule has 0 aliphatic carbocycles. The van der Waals surface area contributed by atoms with Crippen molar-refractivity contribution in [3.63, 3.8) is 0 Å². The number of benzene rings is 1. The van der Waals surface area contributed by atoms with E-state index in [4.69, 9.17) is 4.74 Å². The zero-order valence-corrected chi connectivity index (χ0v) is 19.3. The molecule has 1 N–H and O–H groups in total. The summed E-state index contributed by atoms with van der Waals surface area (Å²) in [5.74, 6) is 3.12. The second-order valence-electron chi connectivity index (χ2n) is 10.0. The molecular weight excluding hydrogens is 398 g/mol. The van der Waals surface area contributed by atoms with Crippen LogP contribution in [0.5, 0.6) is 5.75 Å². The number of nitrogens with zero attached hydrogens (tertiary/aromatic N) is 3. The van der Waals surface area contributed by atoms with Crippen molar-refractivity contribution in [3.05, 3.63) is 48.7 Å². The van der Waals surface area contributed by atoms with E-state index in [1.807, 2.05) is 24.3 Å². The Morgan fingerprint density at radius 2 is 1.91 bits per heavy atom. The fourth-order valence-electron chi connectivity index (χ4n) is 6.31. The predicted octanol–water partition coefficient (Wildman–Crippen LogP) is 4.28. The molecule has 6 saturated heterocycles. The third-order valence-electron chi connectivity index (χ3n) is 8.38. The zero-order valence-electron chi connectivity index (χ0n) is 19.3. The maximum absolute atomic E-state index is 11.2. The first-order chi connectivity index (χ1) is 15.7. The minimum Gasteiger partial charge on any atom is -0.497 e. The van der Waals surface area contributed by atoms with E-state index in [0.717, 1.165) is 47.6 Å². The molecule has 0 amide bonds. The molecule has 6 aliphatic heterocycles. The summed E-state index contributed by atoms with van der Waals surface area (Å²) in [5.41, 5.74) is 1.85. The molecule has 2 aromatic rings.